The van der Waals surface area contributed by atoms with Crippen LogP contribution in [0.1, 0.15) is 17.2 Å². The van der Waals surface area contributed by atoms with Gasteiger partial charge in [0.25, 0.3) is 0 Å². The van der Waals surface area contributed by atoms with Crippen molar-refractivity contribution < 1.29 is 9.50 Å². The molecule has 19 heavy (non-hydrogen) atoms. The summed E-state index contributed by atoms with van der Waals surface area (Å²) in [5.74, 6) is -0.472. The van der Waals surface area contributed by atoms with Gasteiger partial charge in [-0.05, 0) is 39.7 Å². The molecule has 2 aromatic rings. The van der Waals surface area contributed by atoms with E-state index < -0.39 is 11.9 Å². The molecule has 1 unspecified atom stereocenters. The zero-order valence-corrected chi connectivity index (χ0v) is 12.8. The minimum atomic E-state index is -0.772. The third kappa shape index (κ3) is 3.48. The summed E-state index contributed by atoms with van der Waals surface area (Å²) < 4.78 is 13.8. The number of halogens is 4. The predicted molar refractivity (Wildman–Crippen MR) is 79.2 cm³/mol. The molecule has 0 saturated carbocycles. The average molecular weight is 364 g/mol. The van der Waals surface area contributed by atoms with E-state index >= 15 is 0 Å². The summed E-state index contributed by atoms with van der Waals surface area (Å²) in [6, 6.07) is 9.73. The number of aliphatic hydroxyl groups is 1. The number of benzene rings is 2. The zero-order chi connectivity index (χ0) is 14.0. The highest BCUT2D eigenvalue weighted by atomic mass is 79.9. The summed E-state index contributed by atoms with van der Waals surface area (Å²) in [7, 11) is 0. The van der Waals surface area contributed by atoms with Gasteiger partial charge >= 0.3 is 0 Å². The predicted octanol–water partition coefficient (Wildman–Crippen LogP) is 5.17. The molecule has 0 amide bonds. The molecule has 0 bridgehead atoms. The van der Waals surface area contributed by atoms with E-state index in [1.54, 1.807) is 24.3 Å². The quantitative estimate of drug-likeness (QED) is 0.797. The van der Waals surface area contributed by atoms with E-state index in [1.807, 2.05) is 0 Å². The van der Waals surface area contributed by atoms with E-state index in [0.717, 1.165) is 10.0 Å². The molecule has 100 valence electrons. The monoisotopic (exact) mass is 362 g/mol. The lowest BCUT2D eigenvalue weighted by Crippen LogP contribution is -2.03. The largest absolute Gasteiger partial charge is 0.388 e. The Kier molecular flexibility index (Phi) is 4.85. The topological polar surface area (TPSA) is 20.2 Å². The van der Waals surface area contributed by atoms with E-state index in [9.17, 15) is 9.50 Å². The van der Waals surface area contributed by atoms with Crippen LogP contribution in [0.5, 0.6) is 0 Å². The second kappa shape index (κ2) is 6.23. The Balaban J connectivity index is 2.23. The molecule has 1 nitrogen and oxygen atoms in total. The van der Waals surface area contributed by atoms with Crippen molar-refractivity contribution in [1.29, 1.82) is 0 Å². The van der Waals surface area contributed by atoms with E-state index in [2.05, 4.69) is 15.9 Å². The van der Waals surface area contributed by atoms with Crippen LogP contribution >= 0.6 is 39.1 Å². The summed E-state index contributed by atoms with van der Waals surface area (Å²) in [5, 5.41) is 10.7. The molecule has 2 aromatic carbocycles. The lowest BCUT2D eigenvalue weighted by molar-refractivity contribution is 0.178. The van der Waals surface area contributed by atoms with Gasteiger partial charge in [0.1, 0.15) is 5.82 Å². The first-order valence-electron chi connectivity index (χ1n) is 5.55. The van der Waals surface area contributed by atoms with Crippen LogP contribution in [0.3, 0.4) is 0 Å². The van der Waals surface area contributed by atoms with Gasteiger partial charge < -0.3 is 5.11 Å². The number of rotatable bonds is 3. The normalized spacial score (nSPS) is 12.5. The first-order chi connectivity index (χ1) is 8.99. The smallest absolute Gasteiger partial charge is 0.141 e. The minimum Gasteiger partial charge on any atom is -0.388 e. The van der Waals surface area contributed by atoms with Crippen molar-refractivity contribution in [2.45, 2.75) is 12.5 Å². The Morgan fingerprint density at radius 1 is 1.21 bits per heavy atom. The fourth-order valence-corrected chi connectivity index (χ4v) is 2.61. The Hall–Kier alpha value is -0.610. The lowest BCUT2D eigenvalue weighted by Gasteiger charge is -2.14. The maximum absolute atomic E-state index is 13.1. The standard InChI is InChI=1S/C14H10BrCl2FO/c15-10-3-1-2-9(14(10)17)13(19)7-8-4-5-12(18)11(16)6-8/h1-6,13,19H,7H2. The molecule has 0 aliphatic heterocycles. The highest BCUT2D eigenvalue weighted by Crippen LogP contribution is 2.32. The number of hydrogen-bond donors (Lipinski definition) is 1. The summed E-state index contributed by atoms with van der Waals surface area (Å²) >= 11 is 15.1. The Bertz CT molecular complexity index is 604. The van der Waals surface area contributed by atoms with Crippen LogP contribution in [-0.4, -0.2) is 5.11 Å². The summed E-state index contributed by atoms with van der Waals surface area (Å²) in [6.45, 7) is 0. The molecule has 1 atom stereocenters. The van der Waals surface area contributed by atoms with Crippen molar-refractivity contribution in [2.24, 2.45) is 0 Å². The van der Waals surface area contributed by atoms with Gasteiger partial charge in [0.05, 0.1) is 16.1 Å². The van der Waals surface area contributed by atoms with E-state index in [4.69, 9.17) is 23.2 Å². The van der Waals surface area contributed by atoms with E-state index in [0.29, 0.717) is 17.0 Å². The number of aliphatic hydroxyl groups excluding tert-OH is 1. The highest BCUT2D eigenvalue weighted by Gasteiger charge is 2.14. The average Bonchev–Trinajstić information content (AvgIpc) is 2.37. The first-order valence-corrected chi connectivity index (χ1v) is 7.10. The molecule has 0 aliphatic rings. The van der Waals surface area contributed by atoms with Crippen LogP contribution in [0.2, 0.25) is 10.0 Å². The van der Waals surface area contributed by atoms with Crippen molar-refractivity contribution in [3.63, 3.8) is 0 Å². The lowest BCUT2D eigenvalue weighted by atomic mass is 10.0. The fraction of sp³-hybridized carbons (Fsp3) is 0.143. The molecule has 5 heteroatoms. The molecule has 0 aromatic heterocycles. The summed E-state index contributed by atoms with van der Waals surface area (Å²) in [5.41, 5.74) is 1.37. The second-order valence-corrected chi connectivity index (χ2v) is 5.75. The van der Waals surface area contributed by atoms with Gasteiger partial charge in [-0.3, -0.25) is 0 Å². The maximum atomic E-state index is 13.1. The molecule has 0 heterocycles. The fourth-order valence-electron chi connectivity index (χ4n) is 1.78. The Morgan fingerprint density at radius 2 is 1.95 bits per heavy atom. The molecular formula is C14H10BrCl2FO. The molecule has 0 fully saturated rings. The SMILES string of the molecule is OC(Cc1ccc(F)c(Cl)c1)c1cccc(Br)c1Cl. The van der Waals surface area contributed by atoms with Gasteiger partial charge in [0, 0.05) is 16.5 Å². The summed E-state index contributed by atoms with van der Waals surface area (Å²) in [6.07, 6.45) is -0.456. The van der Waals surface area contributed by atoms with Crippen molar-refractivity contribution >= 4 is 39.1 Å². The van der Waals surface area contributed by atoms with Gasteiger partial charge in [-0.25, -0.2) is 4.39 Å². The molecule has 0 spiro atoms. The number of hydrogen-bond acceptors (Lipinski definition) is 1. The van der Waals surface area contributed by atoms with Gasteiger partial charge in [0.2, 0.25) is 0 Å². The summed E-state index contributed by atoms with van der Waals surface area (Å²) in [4.78, 5) is 0. The van der Waals surface area contributed by atoms with Crippen LogP contribution in [0.15, 0.2) is 40.9 Å². The Labute approximate surface area is 129 Å². The van der Waals surface area contributed by atoms with E-state index in [-0.39, 0.29) is 5.02 Å². The third-order valence-electron chi connectivity index (χ3n) is 2.75. The van der Waals surface area contributed by atoms with Crippen LogP contribution in [0, 0.1) is 5.82 Å². The van der Waals surface area contributed by atoms with E-state index in [1.165, 1.54) is 12.1 Å². The molecule has 0 aliphatic carbocycles. The highest BCUT2D eigenvalue weighted by molar-refractivity contribution is 9.10. The van der Waals surface area contributed by atoms with Gasteiger partial charge in [0.15, 0.2) is 0 Å². The van der Waals surface area contributed by atoms with Crippen molar-refractivity contribution in [3.05, 3.63) is 67.9 Å². The minimum absolute atomic E-state index is 0.0463. The van der Waals surface area contributed by atoms with Gasteiger partial charge in [-0.2, -0.15) is 0 Å². The van der Waals surface area contributed by atoms with Crippen molar-refractivity contribution in [1.82, 2.24) is 0 Å². The van der Waals surface area contributed by atoms with Crippen LogP contribution in [0.25, 0.3) is 0 Å². The second-order valence-electron chi connectivity index (χ2n) is 4.11. The molecule has 0 radical (unpaired) electrons. The molecular weight excluding hydrogens is 354 g/mol. The van der Waals surface area contributed by atoms with Crippen LogP contribution in [0.4, 0.5) is 4.39 Å². The molecule has 2 rings (SSSR count). The van der Waals surface area contributed by atoms with Gasteiger partial charge in [-0.1, -0.05) is 41.4 Å². The van der Waals surface area contributed by atoms with Crippen LogP contribution < -0.4 is 0 Å². The van der Waals surface area contributed by atoms with Crippen LogP contribution in [-0.2, 0) is 6.42 Å². The third-order valence-corrected chi connectivity index (χ3v) is 4.35. The zero-order valence-electron chi connectivity index (χ0n) is 9.71. The maximum Gasteiger partial charge on any atom is 0.141 e. The first kappa shape index (κ1) is 14.8. The van der Waals surface area contributed by atoms with Gasteiger partial charge in [-0.15, -0.1) is 0 Å². The van der Waals surface area contributed by atoms with Crippen molar-refractivity contribution in [2.75, 3.05) is 0 Å². The van der Waals surface area contributed by atoms with Crippen molar-refractivity contribution in [3.8, 4) is 0 Å². The molecule has 0 saturated heterocycles. The molecule has 1 N–H and O–H groups in total. The Morgan fingerprint density at radius 3 is 2.63 bits per heavy atom.